The summed E-state index contributed by atoms with van der Waals surface area (Å²) in [5.41, 5.74) is 6.06. The lowest BCUT2D eigenvalue weighted by Crippen LogP contribution is -2.34. The Morgan fingerprint density at radius 2 is 2.44 bits per heavy atom. The number of hydroxylamine groups is 2. The number of hydrogen-bond acceptors (Lipinski definition) is 3. The van der Waals surface area contributed by atoms with E-state index >= 15 is 0 Å². The Balaban J connectivity index is 1.94. The first kappa shape index (κ1) is 11.3. The van der Waals surface area contributed by atoms with Crippen molar-refractivity contribution in [2.75, 3.05) is 6.54 Å². The Hall–Kier alpha value is -1.14. The van der Waals surface area contributed by atoms with E-state index in [1.165, 1.54) is 0 Å². The molecule has 16 heavy (non-hydrogen) atoms. The molecule has 1 saturated carbocycles. The molecule has 0 saturated heterocycles. The minimum Gasteiger partial charge on any atom is -0.350 e. The molecule has 0 radical (unpaired) electrons. The highest BCUT2D eigenvalue weighted by molar-refractivity contribution is 9.10. The quantitative estimate of drug-likeness (QED) is 0.656. The molecule has 1 aromatic heterocycles. The number of rotatable bonds is 3. The topological polar surface area (TPSA) is 79.5 Å². The van der Waals surface area contributed by atoms with E-state index in [4.69, 9.17) is 5.73 Å². The van der Waals surface area contributed by atoms with Crippen molar-refractivity contribution in [1.82, 2.24) is 10.0 Å². The Morgan fingerprint density at radius 3 is 3.06 bits per heavy atom. The third kappa shape index (κ3) is 2.51. The number of pyridine rings is 1. The molecular formula is C10H12BrN3O2. The molecule has 5 nitrogen and oxygen atoms in total. The molecule has 6 heteroatoms. The number of carbonyl (C=O) groups excluding carboxylic acids is 1. The number of hydrogen-bond donors (Lipinski definition) is 2. The predicted molar refractivity (Wildman–Crippen MR) is 60.9 cm³/mol. The monoisotopic (exact) mass is 285 g/mol. The van der Waals surface area contributed by atoms with Crippen LogP contribution in [-0.4, -0.2) is 27.8 Å². The van der Waals surface area contributed by atoms with Crippen molar-refractivity contribution in [3.8, 4) is 0 Å². The van der Waals surface area contributed by atoms with Gasteiger partial charge >= 0.3 is 6.03 Å². The van der Waals surface area contributed by atoms with Crippen LogP contribution in [0.5, 0.6) is 0 Å². The van der Waals surface area contributed by atoms with Crippen molar-refractivity contribution in [2.45, 2.75) is 12.3 Å². The average molecular weight is 286 g/mol. The molecule has 2 atom stereocenters. The molecule has 0 aliphatic heterocycles. The van der Waals surface area contributed by atoms with E-state index in [0.29, 0.717) is 11.0 Å². The summed E-state index contributed by atoms with van der Waals surface area (Å²) >= 11 is 3.36. The molecule has 0 bridgehead atoms. The second-order valence-electron chi connectivity index (χ2n) is 3.96. The highest BCUT2D eigenvalue weighted by Crippen LogP contribution is 2.47. The molecule has 0 unspecified atom stereocenters. The Labute approximate surface area is 101 Å². The van der Waals surface area contributed by atoms with Gasteiger partial charge in [0.1, 0.15) is 0 Å². The first-order valence-electron chi connectivity index (χ1n) is 4.94. The molecule has 0 aromatic carbocycles. The molecule has 0 spiro atoms. The maximum absolute atomic E-state index is 10.6. The molecule has 86 valence electrons. The lowest BCUT2D eigenvalue weighted by Gasteiger charge is -2.11. The Bertz CT molecular complexity index is 413. The summed E-state index contributed by atoms with van der Waals surface area (Å²) in [5.74, 6) is 0.632. The van der Waals surface area contributed by atoms with Gasteiger partial charge in [-0.25, -0.2) is 9.86 Å². The molecule has 1 aliphatic carbocycles. The highest BCUT2D eigenvalue weighted by atomic mass is 79.9. The van der Waals surface area contributed by atoms with E-state index in [9.17, 15) is 10.0 Å². The zero-order chi connectivity index (χ0) is 11.7. The van der Waals surface area contributed by atoms with Crippen LogP contribution in [0.15, 0.2) is 22.9 Å². The maximum Gasteiger partial charge on any atom is 0.338 e. The summed E-state index contributed by atoms with van der Waals surface area (Å²) in [7, 11) is 0. The number of carbonyl (C=O) groups is 1. The normalized spacial score (nSPS) is 22.9. The third-order valence-electron chi connectivity index (χ3n) is 2.74. The second kappa shape index (κ2) is 4.39. The minimum atomic E-state index is -0.807. The van der Waals surface area contributed by atoms with Gasteiger partial charge in [-0.3, -0.25) is 10.2 Å². The number of halogens is 1. The Morgan fingerprint density at radius 1 is 1.69 bits per heavy atom. The summed E-state index contributed by atoms with van der Waals surface area (Å²) in [6.07, 6.45) is 4.48. The molecular weight excluding hydrogens is 274 g/mol. The van der Waals surface area contributed by atoms with Gasteiger partial charge in [0.25, 0.3) is 0 Å². The first-order chi connectivity index (χ1) is 7.58. The molecule has 1 aromatic rings. The van der Waals surface area contributed by atoms with Crippen molar-refractivity contribution in [3.05, 3.63) is 28.5 Å². The van der Waals surface area contributed by atoms with Crippen LogP contribution in [-0.2, 0) is 0 Å². The zero-order valence-electron chi connectivity index (χ0n) is 8.51. The fraction of sp³-hybridized carbons (Fsp3) is 0.400. The van der Waals surface area contributed by atoms with Crippen LogP contribution in [0.25, 0.3) is 0 Å². The largest absolute Gasteiger partial charge is 0.350 e. The highest BCUT2D eigenvalue weighted by Gasteiger charge is 2.40. The van der Waals surface area contributed by atoms with Gasteiger partial charge in [-0.1, -0.05) is 0 Å². The lowest BCUT2D eigenvalue weighted by atomic mass is 10.1. The van der Waals surface area contributed by atoms with Gasteiger partial charge in [0.15, 0.2) is 0 Å². The van der Waals surface area contributed by atoms with Crippen molar-refractivity contribution >= 4 is 22.0 Å². The van der Waals surface area contributed by atoms with Crippen LogP contribution >= 0.6 is 15.9 Å². The van der Waals surface area contributed by atoms with Crippen molar-refractivity contribution in [1.29, 1.82) is 0 Å². The zero-order valence-corrected chi connectivity index (χ0v) is 10.1. The number of urea groups is 1. The van der Waals surface area contributed by atoms with Crippen LogP contribution < -0.4 is 5.73 Å². The van der Waals surface area contributed by atoms with Gasteiger partial charge in [-0.2, -0.15) is 0 Å². The lowest BCUT2D eigenvalue weighted by molar-refractivity contribution is -0.0431. The van der Waals surface area contributed by atoms with Gasteiger partial charge in [0.05, 0.1) is 6.54 Å². The van der Waals surface area contributed by atoms with Crippen LogP contribution in [0, 0.1) is 5.92 Å². The number of amides is 2. The molecule has 2 amide bonds. The molecule has 1 fully saturated rings. The summed E-state index contributed by atoms with van der Waals surface area (Å²) in [4.78, 5) is 14.7. The van der Waals surface area contributed by atoms with Crippen molar-refractivity contribution in [2.24, 2.45) is 11.7 Å². The van der Waals surface area contributed by atoms with Crippen LogP contribution in [0.3, 0.4) is 0 Å². The van der Waals surface area contributed by atoms with Gasteiger partial charge in [0.2, 0.25) is 0 Å². The maximum atomic E-state index is 10.6. The summed E-state index contributed by atoms with van der Waals surface area (Å²) in [6, 6.07) is 1.20. The van der Waals surface area contributed by atoms with E-state index in [-0.39, 0.29) is 12.5 Å². The van der Waals surface area contributed by atoms with E-state index in [1.54, 1.807) is 12.4 Å². The summed E-state index contributed by atoms with van der Waals surface area (Å²) in [6.45, 7) is 0.284. The van der Waals surface area contributed by atoms with E-state index in [0.717, 1.165) is 16.5 Å². The average Bonchev–Trinajstić information content (AvgIpc) is 2.97. The van der Waals surface area contributed by atoms with Gasteiger partial charge < -0.3 is 5.73 Å². The number of aromatic nitrogens is 1. The molecule has 1 heterocycles. The van der Waals surface area contributed by atoms with Crippen LogP contribution in [0.4, 0.5) is 4.79 Å². The molecule has 3 N–H and O–H groups in total. The van der Waals surface area contributed by atoms with Gasteiger partial charge in [0, 0.05) is 16.9 Å². The van der Waals surface area contributed by atoms with Gasteiger partial charge in [-0.05, 0) is 45.8 Å². The summed E-state index contributed by atoms with van der Waals surface area (Å²) in [5, 5.41) is 9.76. The number of primary amides is 1. The standard InChI is InChI=1S/C10H12BrN3O2/c11-8-1-6(3-13-4-8)9-2-7(9)5-14(16)10(12)15/h1,3-4,7,9,16H,2,5H2,(H2,12,15)/t7-,9-/m0/s1. The van der Waals surface area contributed by atoms with E-state index in [1.807, 2.05) is 6.07 Å². The van der Waals surface area contributed by atoms with Gasteiger partial charge in [-0.15, -0.1) is 0 Å². The van der Waals surface area contributed by atoms with E-state index < -0.39 is 6.03 Å². The van der Waals surface area contributed by atoms with Crippen molar-refractivity contribution in [3.63, 3.8) is 0 Å². The van der Waals surface area contributed by atoms with E-state index in [2.05, 4.69) is 20.9 Å². The number of nitrogens with two attached hydrogens (primary N) is 1. The van der Waals surface area contributed by atoms with Crippen LogP contribution in [0.1, 0.15) is 17.9 Å². The SMILES string of the molecule is NC(=O)N(O)C[C@@H]1C[C@H]1c1cncc(Br)c1. The first-order valence-corrected chi connectivity index (χ1v) is 5.73. The fourth-order valence-corrected chi connectivity index (χ4v) is 2.18. The number of nitrogens with zero attached hydrogens (tertiary/aromatic N) is 2. The smallest absolute Gasteiger partial charge is 0.338 e. The third-order valence-corrected chi connectivity index (χ3v) is 3.17. The fourth-order valence-electron chi connectivity index (χ4n) is 1.80. The molecule has 2 rings (SSSR count). The molecule has 1 aliphatic rings. The van der Waals surface area contributed by atoms with Crippen molar-refractivity contribution < 1.29 is 10.0 Å². The predicted octanol–water partition coefficient (Wildman–Crippen LogP) is 1.72. The Kier molecular flexibility index (Phi) is 3.11. The van der Waals surface area contributed by atoms with Crippen LogP contribution in [0.2, 0.25) is 0 Å². The second-order valence-corrected chi connectivity index (χ2v) is 4.87. The summed E-state index contributed by atoms with van der Waals surface area (Å²) < 4.78 is 0.936. The minimum absolute atomic E-state index is 0.272.